The van der Waals surface area contributed by atoms with Crippen molar-refractivity contribution in [2.75, 3.05) is 0 Å². The summed E-state index contributed by atoms with van der Waals surface area (Å²) >= 11 is 1.52. The summed E-state index contributed by atoms with van der Waals surface area (Å²) < 4.78 is 0. The molecular formula is C14H14N2OS. The first-order valence-electron chi connectivity index (χ1n) is 5.63. The Bertz CT molecular complexity index is 576. The van der Waals surface area contributed by atoms with Gasteiger partial charge in [-0.15, -0.1) is 0 Å². The van der Waals surface area contributed by atoms with Crippen LogP contribution in [0.1, 0.15) is 27.2 Å². The van der Waals surface area contributed by atoms with E-state index < -0.39 is 0 Å². The van der Waals surface area contributed by atoms with Crippen molar-refractivity contribution in [3.05, 3.63) is 46.8 Å². The molecule has 0 bridgehead atoms. The van der Waals surface area contributed by atoms with Crippen molar-refractivity contribution in [2.45, 2.75) is 30.8 Å². The van der Waals surface area contributed by atoms with Crippen LogP contribution in [0.2, 0.25) is 0 Å². The van der Waals surface area contributed by atoms with E-state index in [0.29, 0.717) is 5.56 Å². The topological polar surface area (TPSA) is 42.9 Å². The third-order valence-corrected chi connectivity index (χ3v) is 3.50. The Hall–Kier alpha value is -1.68. The number of aldehydes is 1. The van der Waals surface area contributed by atoms with E-state index in [2.05, 4.69) is 16.9 Å². The molecule has 2 aromatic rings. The fourth-order valence-corrected chi connectivity index (χ4v) is 2.67. The average molecular weight is 258 g/mol. The molecule has 0 spiro atoms. The van der Waals surface area contributed by atoms with Gasteiger partial charge in [0.05, 0.1) is 0 Å². The van der Waals surface area contributed by atoms with Gasteiger partial charge in [0.2, 0.25) is 0 Å². The van der Waals surface area contributed by atoms with Crippen LogP contribution in [0.5, 0.6) is 0 Å². The average Bonchev–Trinajstić information content (AvgIpc) is 2.30. The lowest BCUT2D eigenvalue weighted by molar-refractivity contribution is 0.112. The normalized spacial score (nSPS) is 10.4. The Morgan fingerprint density at radius 2 is 1.94 bits per heavy atom. The summed E-state index contributed by atoms with van der Waals surface area (Å²) in [5, 5.41) is 1.82. The van der Waals surface area contributed by atoms with Crippen LogP contribution < -0.4 is 0 Å². The number of aryl methyl sites for hydroxylation is 3. The molecule has 0 radical (unpaired) electrons. The Balaban J connectivity index is 2.31. The molecule has 92 valence electrons. The minimum atomic E-state index is 0.602. The lowest BCUT2D eigenvalue weighted by Gasteiger charge is -2.06. The van der Waals surface area contributed by atoms with Crippen molar-refractivity contribution >= 4 is 18.0 Å². The molecule has 0 aromatic carbocycles. The van der Waals surface area contributed by atoms with Crippen molar-refractivity contribution < 1.29 is 4.79 Å². The van der Waals surface area contributed by atoms with Gasteiger partial charge in [-0.25, -0.2) is 9.97 Å². The number of aromatic nitrogens is 2. The van der Waals surface area contributed by atoms with Crippen LogP contribution >= 0.6 is 11.8 Å². The predicted octanol–water partition coefficient (Wildman–Crippen LogP) is 3.37. The van der Waals surface area contributed by atoms with Gasteiger partial charge in [0.15, 0.2) is 6.29 Å². The zero-order chi connectivity index (χ0) is 13.1. The third kappa shape index (κ3) is 2.96. The van der Waals surface area contributed by atoms with Gasteiger partial charge in [0.25, 0.3) is 0 Å². The van der Waals surface area contributed by atoms with Crippen LogP contribution in [0.25, 0.3) is 0 Å². The molecule has 0 aliphatic rings. The molecule has 0 aliphatic heterocycles. The number of pyridine rings is 2. The molecule has 2 aromatic heterocycles. The second kappa shape index (κ2) is 5.31. The summed E-state index contributed by atoms with van der Waals surface area (Å²) in [5.41, 5.74) is 3.78. The summed E-state index contributed by atoms with van der Waals surface area (Å²) in [5.74, 6) is 0. The van der Waals surface area contributed by atoms with Crippen LogP contribution in [-0.2, 0) is 0 Å². The van der Waals surface area contributed by atoms with Crippen LogP contribution in [0.15, 0.2) is 34.4 Å². The van der Waals surface area contributed by atoms with Crippen molar-refractivity contribution in [2.24, 2.45) is 0 Å². The molecule has 3 nitrogen and oxygen atoms in total. The first kappa shape index (κ1) is 12.8. The molecular weight excluding hydrogens is 244 g/mol. The molecule has 0 N–H and O–H groups in total. The van der Waals surface area contributed by atoms with E-state index in [4.69, 9.17) is 0 Å². The maximum atomic E-state index is 10.7. The van der Waals surface area contributed by atoms with Gasteiger partial charge in [-0.05, 0) is 61.9 Å². The quantitative estimate of drug-likeness (QED) is 0.792. The number of nitrogens with zero attached hydrogens (tertiary/aromatic N) is 2. The molecule has 0 amide bonds. The maximum Gasteiger partial charge on any atom is 0.151 e. The van der Waals surface area contributed by atoms with Crippen molar-refractivity contribution in [1.82, 2.24) is 9.97 Å². The Labute approximate surface area is 111 Å². The highest BCUT2D eigenvalue weighted by Crippen LogP contribution is 2.27. The third-order valence-electron chi connectivity index (χ3n) is 2.46. The van der Waals surface area contributed by atoms with Crippen molar-refractivity contribution in [3.8, 4) is 0 Å². The number of carbonyl (C=O) groups is 1. The highest BCUT2D eigenvalue weighted by Gasteiger charge is 2.06. The SMILES string of the molecule is Cc1cc(C)nc(Sc2ncc(C=O)cc2C)c1. The molecule has 4 heteroatoms. The first-order chi connectivity index (χ1) is 8.58. The summed E-state index contributed by atoms with van der Waals surface area (Å²) in [6, 6.07) is 5.91. The molecule has 0 atom stereocenters. The number of rotatable bonds is 3. The van der Waals surface area contributed by atoms with Gasteiger partial charge in [0.1, 0.15) is 10.1 Å². The van der Waals surface area contributed by atoms with Crippen molar-refractivity contribution in [1.29, 1.82) is 0 Å². The smallest absolute Gasteiger partial charge is 0.151 e. The lowest BCUT2D eigenvalue weighted by Crippen LogP contribution is -1.92. The molecule has 0 unspecified atom stereocenters. The molecule has 0 fully saturated rings. The zero-order valence-corrected chi connectivity index (χ0v) is 11.4. The summed E-state index contributed by atoms with van der Waals surface area (Å²) in [7, 11) is 0. The van der Waals surface area contributed by atoms with Gasteiger partial charge >= 0.3 is 0 Å². The summed E-state index contributed by atoms with van der Waals surface area (Å²) in [4.78, 5) is 19.4. The van der Waals surface area contributed by atoms with Gasteiger partial charge in [-0.3, -0.25) is 4.79 Å². The summed E-state index contributed by atoms with van der Waals surface area (Å²) in [6.07, 6.45) is 2.40. The van der Waals surface area contributed by atoms with E-state index in [0.717, 1.165) is 27.6 Å². The fourth-order valence-electron chi connectivity index (χ4n) is 1.71. The Morgan fingerprint density at radius 3 is 2.56 bits per heavy atom. The fraction of sp³-hybridized carbons (Fsp3) is 0.214. The predicted molar refractivity (Wildman–Crippen MR) is 72.2 cm³/mol. The number of hydrogen-bond acceptors (Lipinski definition) is 4. The minimum absolute atomic E-state index is 0.602. The number of hydrogen-bond donors (Lipinski definition) is 0. The van der Waals surface area contributed by atoms with Crippen molar-refractivity contribution in [3.63, 3.8) is 0 Å². The minimum Gasteiger partial charge on any atom is -0.298 e. The molecule has 0 saturated carbocycles. The van der Waals surface area contributed by atoms with Gasteiger partial charge in [-0.1, -0.05) is 0 Å². The Kier molecular flexibility index (Phi) is 3.77. The second-order valence-electron chi connectivity index (χ2n) is 4.23. The standard InChI is InChI=1S/C14H14N2OS/c1-9-4-11(3)16-13(5-9)18-14-10(2)6-12(8-17)7-15-14/h4-8H,1-3H3. The van der Waals surface area contributed by atoms with E-state index in [9.17, 15) is 4.79 Å². The van der Waals surface area contributed by atoms with Gasteiger partial charge in [-0.2, -0.15) is 0 Å². The maximum absolute atomic E-state index is 10.7. The monoisotopic (exact) mass is 258 g/mol. The van der Waals surface area contributed by atoms with E-state index in [-0.39, 0.29) is 0 Å². The van der Waals surface area contributed by atoms with Gasteiger partial charge in [0, 0.05) is 17.5 Å². The zero-order valence-electron chi connectivity index (χ0n) is 10.6. The molecule has 0 saturated heterocycles. The number of carbonyl (C=O) groups excluding carboxylic acids is 1. The molecule has 18 heavy (non-hydrogen) atoms. The first-order valence-corrected chi connectivity index (χ1v) is 6.45. The lowest BCUT2D eigenvalue weighted by atomic mass is 10.2. The summed E-state index contributed by atoms with van der Waals surface area (Å²) in [6.45, 7) is 5.98. The highest BCUT2D eigenvalue weighted by atomic mass is 32.2. The highest BCUT2D eigenvalue weighted by molar-refractivity contribution is 7.99. The molecule has 2 rings (SSSR count). The van der Waals surface area contributed by atoms with E-state index >= 15 is 0 Å². The van der Waals surface area contributed by atoms with Crippen LogP contribution in [0, 0.1) is 20.8 Å². The largest absolute Gasteiger partial charge is 0.298 e. The van der Waals surface area contributed by atoms with Crippen LogP contribution in [0.4, 0.5) is 0 Å². The van der Waals surface area contributed by atoms with Crippen LogP contribution in [-0.4, -0.2) is 16.3 Å². The van der Waals surface area contributed by atoms with Gasteiger partial charge < -0.3 is 0 Å². The molecule has 0 aliphatic carbocycles. The van der Waals surface area contributed by atoms with Crippen LogP contribution in [0.3, 0.4) is 0 Å². The Morgan fingerprint density at radius 1 is 1.17 bits per heavy atom. The van der Waals surface area contributed by atoms with E-state index in [1.807, 2.05) is 32.0 Å². The second-order valence-corrected chi connectivity index (χ2v) is 5.24. The van der Waals surface area contributed by atoms with E-state index in [1.165, 1.54) is 17.3 Å². The van der Waals surface area contributed by atoms with E-state index in [1.54, 1.807) is 6.20 Å². The molecule has 2 heterocycles.